The molecule has 4 heteroatoms. The molecule has 0 saturated heterocycles. The molecular formula is C17H17NO3. The third kappa shape index (κ3) is 2.57. The second kappa shape index (κ2) is 5.13. The summed E-state index contributed by atoms with van der Waals surface area (Å²) in [6.45, 7) is 5.40. The van der Waals surface area contributed by atoms with Crippen LogP contribution < -0.4 is 9.64 Å². The van der Waals surface area contributed by atoms with E-state index in [1.165, 1.54) is 11.1 Å². The monoisotopic (exact) mass is 283 g/mol. The normalized spacial score (nSPS) is 13.0. The minimum absolute atomic E-state index is 0.309. The molecule has 1 heterocycles. The third-order valence-electron chi connectivity index (χ3n) is 3.87. The summed E-state index contributed by atoms with van der Waals surface area (Å²) in [5.74, 6) is 0.0164. The van der Waals surface area contributed by atoms with Gasteiger partial charge in [0.05, 0.1) is 11.3 Å². The first kappa shape index (κ1) is 13.5. The summed E-state index contributed by atoms with van der Waals surface area (Å²) in [4.78, 5) is 13.0. The highest BCUT2D eigenvalue weighted by atomic mass is 16.5. The Hall–Kier alpha value is -2.49. The lowest BCUT2D eigenvalue weighted by Gasteiger charge is -2.17. The Morgan fingerprint density at radius 1 is 1.19 bits per heavy atom. The smallest absolute Gasteiger partial charge is 0.335 e. The van der Waals surface area contributed by atoms with Gasteiger partial charge in [0.2, 0.25) is 0 Å². The number of ether oxygens (including phenoxy) is 1. The Bertz CT molecular complexity index is 692. The van der Waals surface area contributed by atoms with Gasteiger partial charge in [0.15, 0.2) is 6.73 Å². The first-order valence-corrected chi connectivity index (χ1v) is 6.86. The van der Waals surface area contributed by atoms with Gasteiger partial charge in [0.1, 0.15) is 5.75 Å². The third-order valence-corrected chi connectivity index (χ3v) is 3.87. The van der Waals surface area contributed by atoms with Crippen molar-refractivity contribution in [2.75, 3.05) is 11.6 Å². The van der Waals surface area contributed by atoms with Crippen LogP contribution in [0.4, 0.5) is 5.69 Å². The van der Waals surface area contributed by atoms with E-state index in [-0.39, 0.29) is 0 Å². The molecule has 0 spiro atoms. The van der Waals surface area contributed by atoms with E-state index in [1.807, 2.05) is 12.1 Å². The van der Waals surface area contributed by atoms with Gasteiger partial charge in [0, 0.05) is 6.54 Å². The zero-order valence-electron chi connectivity index (χ0n) is 12.1. The predicted octanol–water partition coefficient (Wildman–Crippen LogP) is 3.36. The summed E-state index contributed by atoms with van der Waals surface area (Å²) in [6, 6.07) is 11.2. The molecule has 0 atom stereocenters. The van der Waals surface area contributed by atoms with Crippen LogP contribution in [0.15, 0.2) is 36.4 Å². The molecule has 0 bridgehead atoms. The molecule has 2 aromatic rings. The van der Waals surface area contributed by atoms with Gasteiger partial charge in [-0.3, -0.25) is 0 Å². The van der Waals surface area contributed by atoms with E-state index in [0.717, 1.165) is 17.0 Å². The number of carboxylic acid groups (broad SMARTS) is 1. The Labute approximate surface area is 123 Å². The number of fused-ring (bicyclic) bond motifs is 1. The maximum absolute atomic E-state index is 10.9. The predicted molar refractivity (Wildman–Crippen MR) is 81.0 cm³/mol. The Morgan fingerprint density at radius 2 is 1.86 bits per heavy atom. The van der Waals surface area contributed by atoms with E-state index in [1.54, 1.807) is 12.1 Å². The minimum atomic E-state index is -0.900. The average Bonchev–Trinajstić information content (AvgIpc) is 2.82. The first-order chi connectivity index (χ1) is 10.0. The highest BCUT2D eigenvalue weighted by Crippen LogP contribution is 2.36. The fourth-order valence-electron chi connectivity index (χ4n) is 2.46. The highest BCUT2D eigenvalue weighted by Gasteiger charge is 2.21. The number of hydrogen-bond donors (Lipinski definition) is 1. The van der Waals surface area contributed by atoms with Crippen molar-refractivity contribution in [1.29, 1.82) is 0 Å². The molecule has 0 amide bonds. The molecule has 1 N–H and O–H groups in total. The van der Waals surface area contributed by atoms with Crippen molar-refractivity contribution in [3.05, 3.63) is 58.7 Å². The van der Waals surface area contributed by atoms with Crippen LogP contribution >= 0.6 is 0 Å². The molecule has 0 unspecified atom stereocenters. The zero-order chi connectivity index (χ0) is 15.0. The van der Waals surface area contributed by atoms with Gasteiger partial charge in [0.25, 0.3) is 0 Å². The number of nitrogens with zero attached hydrogens (tertiary/aromatic N) is 1. The van der Waals surface area contributed by atoms with Gasteiger partial charge in [-0.25, -0.2) is 4.79 Å². The van der Waals surface area contributed by atoms with E-state index in [2.05, 4.69) is 30.9 Å². The lowest BCUT2D eigenvalue weighted by Crippen LogP contribution is -2.21. The second-order valence-electron chi connectivity index (χ2n) is 5.38. The molecule has 0 fully saturated rings. The van der Waals surface area contributed by atoms with Crippen molar-refractivity contribution < 1.29 is 14.6 Å². The van der Waals surface area contributed by atoms with Crippen molar-refractivity contribution in [3.63, 3.8) is 0 Å². The standard InChI is InChI=1S/C17H17NO3/c1-11-7-15-16(8-12(11)2)21-10-18(15)9-13-3-5-14(6-4-13)17(19)20/h3-8H,9-10H2,1-2H3,(H,19,20). The number of benzene rings is 2. The lowest BCUT2D eigenvalue weighted by atomic mass is 10.1. The van der Waals surface area contributed by atoms with Crippen molar-refractivity contribution in [2.24, 2.45) is 0 Å². The van der Waals surface area contributed by atoms with Crippen LogP contribution in [0.1, 0.15) is 27.0 Å². The van der Waals surface area contributed by atoms with Crippen molar-refractivity contribution in [2.45, 2.75) is 20.4 Å². The molecule has 1 aliphatic heterocycles. The SMILES string of the molecule is Cc1cc2c(cc1C)N(Cc1ccc(C(=O)O)cc1)CO2. The van der Waals surface area contributed by atoms with Crippen LogP contribution in [0.5, 0.6) is 5.75 Å². The summed E-state index contributed by atoms with van der Waals surface area (Å²) in [6.07, 6.45) is 0. The van der Waals surface area contributed by atoms with Gasteiger partial charge < -0.3 is 14.7 Å². The van der Waals surface area contributed by atoms with Crippen molar-refractivity contribution >= 4 is 11.7 Å². The number of aryl methyl sites for hydroxylation is 2. The first-order valence-electron chi connectivity index (χ1n) is 6.86. The molecular weight excluding hydrogens is 266 g/mol. The van der Waals surface area contributed by atoms with Gasteiger partial charge in [-0.15, -0.1) is 0 Å². The molecule has 108 valence electrons. The largest absolute Gasteiger partial charge is 0.478 e. The van der Waals surface area contributed by atoms with E-state index in [4.69, 9.17) is 9.84 Å². The van der Waals surface area contributed by atoms with E-state index < -0.39 is 5.97 Å². The number of anilines is 1. The van der Waals surface area contributed by atoms with Crippen LogP contribution in [0.25, 0.3) is 0 Å². The zero-order valence-corrected chi connectivity index (χ0v) is 12.1. The van der Waals surface area contributed by atoms with Crippen LogP contribution in [-0.2, 0) is 6.54 Å². The minimum Gasteiger partial charge on any atom is -0.478 e. The molecule has 0 saturated carbocycles. The van der Waals surface area contributed by atoms with E-state index in [0.29, 0.717) is 18.8 Å². The average molecular weight is 283 g/mol. The molecule has 2 aromatic carbocycles. The maximum atomic E-state index is 10.9. The molecule has 0 radical (unpaired) electrons. The number of rotatable bonds is 3. The van der Waals surface area contributed by atoms with Crippen LogP contribution in [0, 0.1) is 13.8 Å². The Kier molecular flexibility index (Phi) is 3.29. The molecule has 4 nitrogen and oxygen atoms in total. The van der Waals surface area contributed by atoms with E-state index in [9.17, 15) is 4.79 Å². The second-order valence-corrected chi connectivity index (χ2v) is 5.38. The van der Waals surface area contributed by atoms with Gasteiger partial charge in [-0.05, 0) is 54.8 Å². The fraction of sp³-hybridized carbons (Fsp3) is 0.235. The maximum Gasteiger partial charge on any atom is 0.335 e. The molecule has 1 aliphatic rings. The van der Waals surface area contributed by atoms with E-state index >= 15 is 0 Å². The molecule has 3 rings (SSSR count). The molecule has 21 heavy (non-hydrogen) atoms. The number of hydrogen-bond acceptors (Lipinski definition) is 3. The summed E-state index contributed by atoms with van der Waals surface area (Å²) in [7, 11) is 0. The Balaban J connectivity index is 1.82. The van der Waals surface area contributed by atoms with Crippen LogP contribution in [0.3, 0.4) is 0 Å². The summed E-state index contributed by atoms with van der Waals surface area (Å²) >= 11 is 0. The van der Waals surface area contributed by atoms with Gasteiger partial charge in [-0.2, -0.15) is 0 Å². The Morgan fingerprint density at radius 3 is 2.52 bits per heavy atom. The van der Waals surface area contributed by atoms with Crippen molar-refractivity contribution in [1.82, 2.24) is 0 Å². The van der Waals surface area contributed by atoms with Gasteiger partial charge >= 0.3 is 5.97 Å². The quantitative estimate of drug-likeness (QED) is 0.938. The summed E-state index contributed by atoms with van der Waals surface area (Å²) < 4.78 is 5.71. The fourth-order valence-corrected chi connectivity index (χ4v) is 2.46. The molecule has 0 aliphatic carbocycles. The van der Waals surface area contributed by atoms with Crippen LogP contribution in [0.2, 0.25) is 0 Å². The number of aromatic carboxylic acids is 1. The summed E-state index contributed by atoms with van der Waals surface area (Å²) in [5.41, 5.74) is 4.94. The lowest BCUT2D eigenvalue weighted by molar-refractivity contribution is 0.0697. The van der Waals surface area contributed by atoms with Crippen molar-refractivity contribution in [3.8, 4) is 5.75 Å². The highest BCUT2D eigenvalue weighted by molar-refractivity contribution is 5.87. The summed E-state index contributed by atoms with van der Waals surface area (Å²) in [5, 5.41) is 8.92. The topological polar surface area (TPSA) is 49.8 Å². The number of carbonyl (C=O) groups is 1. The van der Waals surface area contributed by atoms with Gasteiger partial charge in [-0.1, -0.05) is 12.1 Å². The number of carboxylic acids is 1. The van der Waals surface area contributed by atoms with Crippen LogP contribution in [-0.4, -0.2) is 17.8 Å². The molecule has 0 aromatic heterocycles.